The van der Waals surface area contributed by atoms with Crippen LogP contribution in [0.4, 0.5) is 0 Å². The molecule has 0 fully saturated rings. The molecule has 0 spiro atoms. The van der Waals surface area contributed by atoms with Crippen molar-refractivity contribution in [3.8, 4) is 0 Å². The highest BCUT2D eigenvalue weighted by Gasteiger charge is 2.08. The summed E-state index contributed by atoms with van der Waals surface area (Å²) in [6, 6.07) is 2.53. The average molecular weight is 181 g/mol. The van der Waals surface area contributed by atoms with Gasteiger partial charge >= 0.3 is 0 Å². The molecule has 0 saturated carbocycles. The summed E-state index contributed by atoms with van der Waals surface area (Å²) >= 11 is 0. The van der Waals surface area contributed by atoms with E-state index in [1.807, 2.05) is 18.8 Å². The minimum Gasteiger partial charge on any atom is -0.312 e. The molecule has 0 radical (unpaired) electrons. The number of nitrogens with zero attached hydrogens (tertiary/aromatic N) is 2. The van der Waals surface area contributed by atoms with Gasteiger partial charge in [0.05, 0.1) is 5.69 Å². The van der Waals surface area contributed by atoms with Crippen molar-refractivity contribution in [3.63, 3.8) is 0 Å². The lowest BCUT2D eigenvalue weighted by Gasteiger charge is -2.04. The third-order valence-corrected chi connectivity index (χ3v) is 2.38. The minimum atomic E-state index is 0.344. The zero-order valence-corrected chi connectivity index (χ0v) is 8.96. The number of aromatic nitrogens is 2. The first-order valence-electron chi connectivity index (χ1n) is 4.89. The van der Waals surface area contributed by atoms with Crippen molar-refractivity contribution in [1.82, 2.24) is 15.1 Å². The Labute approximate surface area is 80.1 Å². The molecular formula is C10H19N3. The Morgan fingerprint density at radius 3 is 2.85 bits per heavy atom. The summed E-state index contributed by atoms with van der Waals surface area (Å²) in [5, 5.41) is 7.64. The van der Waals surface area contributed by atoms with Crippen LogP contribution in [0.25, 0.3) is 0 Å². The second-order valence-corrected chi connectivity index (χ2v) is 3.44. The van der Waals surface area contributed by atoms with E-state index in [0.29, 0.717) is 6.04 Å². The molecule has 0 bridgehead atoms. The van der Waals surface area contributed by atoms with Gasteiger partial charge in [0.25, 0.3) is 0 Å². The SMILES string of the molecule is CCCc1cc(C(C)NC)nn1C. The van der Waals surface area contributed by atoms with Gasteiger partial charge < -0.3 is 5.32 Å². The number of aryl methyl sites for hydroxylation is 2. The van der Waals surface area contributed by atoms with E-state index < -0.39 is 0 Å². The monoisotopic (exact) mass is 181 g/mol. The highest BCUT2D eigenvalue weighted by Crippen LogP contribution is 2.12. The van der Waals surface area contributed by atoms with Crippen molar-refractivity contribution in [2.45, 2.75) is 32.7 Å². The van der Waals surface area contributed by atoms with Crippen molar-refractivity contribution in [1.29, 1.82) is 0 Å². The number of hydrogen-bond acceptors (Lipinski definition) is 2. The normalized spacial score (nSPS) is 13.2. The summed E-state index contributed by atoms with van der Waals surface area (Å²) in [5.41, 5.74) is 2.45. The maximum Gasteiger partial charge on any atom is 0.0793 e. The largest absolute Gasteiger partial charge is 0.312 e. The number of nitrogens with one attached hydrogen (secondary N) is 1. The molecule has 0 aliphatic rings. The first kappa shape index (κ1) is 10.3. The summed E-state index contributed by atoms with van der Waals surface area (Å²) in [7, 11) is 3.97. The lowest BCUT2D eigenvalue weighted by atomic mass is 10.2. The minimum absolute atomic E-state index is 0.344. The number of rotatable bonds is 4. The third kappa shape index (κ3) is 2.31. The fraction of sp³-hybridized carbons (Fsp3) is 0.700. The van der Waals surface area contributed by atoms with Crippen LogP contribution in [-0.4, -0.2) is 16.8 Å². The molecule has 1 atom stereocenters. The maximum absolute atomic E-state index is 4.45. The Balaban J connectivity index is 2.81. The molecule has 13 heavy (non-hydrogen) atoms. The first-order valence-corrected chi connectivity index (χ1v) is 4.89. The molecule has 1 aromatic rings. The van der Waals surface area contributed by atoms with Crippen LogP contribution in [0.2, 0.25) is 0 Å². The van der Waals surface area contributed by atoms with Crippen molar-refractivity contribution in [3.05, 3.63) is 17.5 Å². The Morgan fingerprint density at radius 1 is 1.62 bits per heavy atom. The van der Waals surface area contributed by atoms with Crippen LogP contribution < -0.4 is 5.32 Å². The van der Waals surface area contributed by atoms with E-state index in [2.05, 4.69) is 30.3 Å². The lowest BCUT2D eigenvalue weighted by Crippen LogP contribution is -2.13. The van der Waals surface area contributed by atoms with Crippen molar-refractivity contribution in [2.24, 2.45) is 7.05 Å². The van der Waals surface area contributed by atoms with Crippen LogP contribution in [0.5, 0.6) is 0 Å². The highest BCUT2D eigenvalue weighted by atomic mass is 15.3. The topological polar surface area (TPSA) is 29.9 Å². The van der Waals surface area contributed by atoms with Gasteiger partial charge in [0.2, 0.25) is 0 Å². The van der Waals surface area contributed by atoms with Crippen molar-refractivity contribution < 1.29 is 0 Å². The number of hydrogen-bond donors (Lipinski definition) is 1. The first-order chi connectivity index (χ1) is 6.19. The molecule has 1 aromatic heterocycles. The van der Waals surface area contributed by atoms with Crippen LogP contribution >= 0.6 is 0 Å². The second kappa shape index (κ2) is 4.42. The Hall–Kier alpha value is -0.830. The molecule has 1 heterocycles. The third-order valence-electron chi connectivity index (χ3n) is 2.38. The fourth-order valence-corrected chi connectivity index (χ4v) is 1.38. The van der Waals surface area contributed by atoms with E-state index in [-0.39, 0.29) is 0 Å². The standard InChI is InChI=1S/C10H19N3/c1-5-6-9-7-10(8(2)11-3)12-13(9)4/h7-8,11H,5-6H2,1-4H3. The predicted molar refractivity (Wildman–Crippen MR) is 54.7 cm³/mol. The zero-order chi connectivity index (χ0) is 9.84. The Morgan fingerprint density at radius 2 is 2.31 bits per heavy atom. The lowest BCUT2D eigenvalue weighted by molar-refractivity contribution is 0.606. The maximum atomic E-state index is 4.45. The van der Waals surface area contributed by atoms with E-state index >= 15 is 0 Å². The van der Waals surface area contributed by atoms with Gasteiger partial charge in [-0.2, -0.15) is 5.10 Å². The van der Waals surface area contributed by atoms with Crippen molar-refractivity contribution >= 4 is 0 Å². The fourth-order valence-electron chi connectivity index (χ4n) is 1.38. The van der Waals surface area contributed by atoms with Gasteiger partial charge in [0.1, 0.15) is 0 Å². The zero-order valence-electron chi connectivity index (χ0n) is 8.96. The van der Waals surface area contributed by atoms with Gasteiger partial charge in [-0.25, -0.2) is 0 Å². The summed E-state index contributed by atoms with van der Waals surface area (Å²) in [5.74, 6) is 0. The molecule has 1 rings (SSSR count). The molecule has 0 amide bonds. The predicted octanol–water partition coefficient (Wildman–Crippen LogP) is 1.65. The van der Waals surface area contributed by atoms with Crippen LogP contribution in [-0.2, 0) is 13.5 Å². The van der Waals surface area contributed by atoms with E-state index in [1.54, 1.807) is 0 Å². The highest BCUT2D eigenvalue weighted by molar-refractivity contribution is 5.13. The van der Waals surface area contributed by atoms with Crippen LogP contribution in [0, 0.1) is 0 Å². The molecule has 3 heteroatoms. The molecule has 0 aromatic carbocycles. The van der Waals surface area contributed by atoms with Crippen LogP contribution in [0.1, 0.15) is 37.7 Å². The Bertz CT molecular complexity index is 265. The van der Waals surface area contributed by atoms with Gasteiger partial charge in [-0.05, 0) is 26.5 Å². The molecular weight excluding hydrogens is 162 g/mol. The quantitative estimate of drug-likeness (QED) is 0.765. The summed E-state index contributed by atoms with van der Waals surface area (Å²) in [6.07, 6.45) is 2.28. The molecule has 74 valence electrons. The van der Waals surface area contributed by atoms with Gasteiger partial charge in [-0.15, -0.1) is 0 Å². The van der Waals surface area contributed by atoms with Crippen LogP contribution in [0.15, 0.2) is 6.07 Å². The average Bonchev–Trinajstić information content (AvgIpc) is 2.47. The summed E-state index contributed by atoms with van der Waals surface area (Å²) < 4.78 is 1.98. The molecule has 3 nitrogen and oxygen atoms in total. The molecule has 1 N–H and O–H groups in total. The van der Waals surface area contributed by atoms with Crippen LogP contribution in [0.3, 0.4) is 0 Å². The van der Waals surface area contributed by atoms with Crippen molar-refractivity contribution in [2.75, 3.05) is 7.05 Å². The van der Waals surface area contributed by atoms with E-state index in [1.165, 1.54) is 12.1 Å². The molecule has 0 aliphatic heterocycles. The summed E-state index contributed by atoms with van der Waals surface area (Å²) in [4.78, 5) is 0. The molecule has 1 unspecified atom stereocenters. The van der Waals surface area contributed by atoms with Gasteiger partial charge in [0.15, 0.2) is 0 Å². The smallest absolute Gasteiger partial charge is 0.0793 e. The second-order valence-electron chi connectivity index (χ2n) is 3.44. The van der Waals surface area contributed by atoms with Gasteiger partial charge in [-0.3, -0.25) is 4.68 Å². The van der Waals surface area contributed by atoms with Gasteiger partial charge in [-0.1, -0.05) is 13.3 Å². The Kier molecular flexibility index (Phi) is 3.48. The van der Waals surface area contributed by atoms with Gasteiger partial charge in [0, 0.05) is 18.8 Å². The van der Waals surface area contributed by atoms with E-state index in [9.17, 15) is 0 Å². The summed E-state index contributed by atoms with van der Waals surface area (Å²) in [6.45, 7) is 4.31. The molecule has 0 aliphatic carbocycles. The van der Waals surface area contributed by atoms with E-state index in [0.717, 1.165) is 12.1 Å². The molecule has 0 saturated heterocycles. The van der Waals surface area contributed by atoms with E-state index in [4.69, 9.17) is 0 Å².